The Labute approximate surface area is 128 Å². The molecule has 104 valence electrons. The van der Waals surface area contributed by atoms with Crippen LogP contribution in [0.2, 0.25) is 5.02 Å². The summed E-state index contributed by atoms with van der Waals surface area (Å²) in [5, 5.41) is 13.8. The molecule has 0 bridgehead atoms. The molecular weight excluding hydrogens is 290 g/mol. The first-order valence-electron chi connectivity index (χ1n) is 6.62. The molecule has 1 atom stereocenters. The number of rotatable bonds is 2. The van der Waals surface area contributed by atoms with Gasteiger partial charge in [0, 0.05) is 21.4 Å². The Bertz CT molecular complexity index is 644. The molecule has 0 aliphatic carbocycles. The highest BCUT2D eigenvalue weighted by atomic mass is 35.5. The van der Waals surface area contributed by atoms with Crippen LogP contribution < -0.4 is 5.32 Å². The molecule has 0 aromatic heterocycles. The summed E-state index contributed by atoms with van der Waals surface area (Å²) >= 11 is 8.01. The van der Waals surface area contributed by atoms with Crippen molar-refractivity contribution in [3.8, 4) is 5.75 Å². The molecule has 0 radical (unpaired) electrons. The van der Waals surface area contributed by atoms with Gasteiger partial charge in [-0.3, -0.25) is 0 Å². The highest BCUT2D eigenvalue weighted by Crippen LogP contribution is 2.39. The second-order valence-electron chi connectivity index (χ2n) is 5.02. The standard InChI is InChI=1S/C16H16ClNOS/c1-10-8-12(19)3-4-14(10)18-15-6-7-20-16-5-2-11(17)9-13(15)16/h2-5,8-9,15,18-19H,6-7H2,1H3. The van der Waals surface area contributed by atoms with Crippen molar-refractivity contribution in [3.05, 3.63) is 52.5 Å². The van der Waals surface area contributed by atoms with Crippen LogP contribution in [-0.4, -0.2) is 10.9 Å². The number of hydrogen-bond donors (Lipinski definition) is 2. The van der Waals surface area contributed by atoms with Crippen molar-refractivity contribution >= 4 is 29.1 Å². The average Bonchev–Trinajstić information content (AvgIpc) is 2.42. The molecule has 2 nitrogen and oxygen atoms in total. The molecule has 2 N–H and O–H groups in total. The summed E-state index contributed by atoms with van der Waals surface area (Å²) in [7, 11) is 0. The molecule has 0 saturated carbocycles. The lowest BCUT2D eigenvalue weighted by molar-refractivity contribution is 0.475. The Morgan fingerprint density at radius 2 is 2.10 bits per heavy atom. The van der Waals surface area contributed by atoms with Gasteiger partial charge in [0.05, 0.1) is 6.04 Å². The summed E-state index contributed by atoms with van der Waals surface area (Å²) in [5.41, 5.74) is 3.37. The van der Waals surface area contributed by atoms with Crippen LogP contribution in [0.25, 0.3) is 0 Å². The summed E-state index contributed by atoms with van der Waals surface area (Å²) in [6, 6.07) is 11.8. The predicted octanol–water partition coefficient (Wildman–Crippen LogP) is 5.00. The first-order valence-corrected chi connectivity index (χ1v) is 7.98. The molecule has 0 spiro atoms. The van der Waals surface area contributed by atoms with Gasteiger partial charge in [0.25, 0.3) is 0 Å². The number of benzene rings is 2. The third kappa shape index (κ3) is 2.74. The summed E-state index contributed by atoms with van der Waals surface area (Å²) in [6.07, 6.45) is 1.07. The van der Waals surface area contributed by atoms with E-state index in [2.05, 4.69) is 17.4 Å². The van der Waals surface area contributed by atoms with Crippen molar-refractivity contribution in [2.24, 2.45) is 0 Å². The van der Waals surface area contributed by atoms with E-state index in [9.17, 15) is 5.11 Å². The van der Waals surface area contributed by atoms with Gasteiger partial charge in [0.15, 0.2) is 0 Å². The molecule has 1 unspecified atom stereocenters. The van der Waals surface area contributed by atoms with Gasteiger partial charge in [-0.25, -0.2) is 0 Å². The van der Waals surface area contributed by atoms with E-state index >= 15 is 0 Å². The lowest BCUT2D eigenvalue weighted by Crippen LogP contribution is -2.16. The van der Waals surface area contributed by atoms with Crippen molar-refractivity contribution in [2.45, 2.75) is 24.3 Å². The van der Waals surface area contributed by atoms with Crippen LogP contribution in [0.3, 0.4) is 0 Å². The smallest absolute Gasteiger partial charge is 0.115 e. The Hall–Kier alpha value is -1.32. The zero-order valence-corrected chi connectivity index (χ0v) is 12.8. The Kier molecular flexibility index (Phi) is 3.81. The SMILES string of the molecule is Cc1cc(O)ccc1NC1CCSc2ccc(Cl)cc21. The van der Waals surface area contributed by atoms with Gasteiger partial charge in [0.1, 0.15) is 5.75 Å². The summed E-state index contributed by atoms with van der Waals surface area (Å²) in [4.78, 5) is 1.30. The normalized spacial score (nSPS) is 17.6. The van der Waals surface area contributed by atoms with Crippen LogP contribution in [0.15, 0.2) is 41.3 Å². The molecule has 1 aliphatic heterocycles. The third-order valence-electron chi connectivity index (χ3n) is 3.55. The first-order chi connectivity index (χ1) is 9.63. The van der Waals surface area contributed by atoms with Crippen LogP contribution in [0, 0.1) is 6.92 Å². The van der Waals surface area contributed by atoms with Crippen molar-refractivity contribution in [3.63, 3.8) is 0 Å². The zero-order valence-electron chi connectivity index (χ0n) is 11.2. The third-order valence-corrected chi connectivity index (χ3v) is 4.91. The highest BCUT2D eigenvalue weighted by Gasteiger charge is 2.21. The molecule has 2 aromatic carbocycles. The zero-order chi connectivity index (χ0) is 14.1. The summed E-state index contributed by atoms with van der Waals surface area (Å²) in [5.74, 6) is 1.40. The maximum atomic E-state index is 9.49. The molecule has 1 aliphatic rings. The molecule has 0 saturated heterocycles. The Morgan fingerprint density at radius 3 is 2.90 bits per heavy atom. The van der Waals surface area contributed by atoms with E-state index in [1.54, 1.807) is 12.1 Å². The van der Waals surface area contributed by atoms with Gasteiger partial charge in [-0.05, 0) is 60.9 Å². The van der Waals surface area contributed by atoms with Gasteiger partial charge >= 0.3 is 0 Å². The number of hydrogen-bond acceptors (Lipinski definition) is 3. The number of halogens is 1. The number of phenolic OH excluding ortho intramolecular Hbond substituents is 1. The molecule has 2 aromatic rings. The molecule has 1 heterocycles. The van der Waals surface area contributed by atoms with Crippen molar-refractivity contribution < 1.29 is 5.11 Å². The maximum absolute atomic E-state index is 9.49. The van der Waals surface area contributed by atoms with Crippen LogP contribution >= 0.6 is 23.4 Å². The van der Waals surface area contributed by atoms with Gasteiger partial charge in [-0.15, -0.1) is 11.8 Å². The maximum Gasteiger partial charge on any atom is 0.115 e. The molecule has 0 fully saturated rings. The fourth-order valence-electron chi connectivity index (χ4n) is 2.51. The summed E-state index contributed by atoms with van der Waals surface area (Å²) < 4.78 is 0. The number of anilines is 1. The molecule has 0 amide bonds. The quantitative estimate of drug-likeness (QED) is 0.766. The monoisotopic (exact) mass is 305 g/mol. The second-order valence-corrected chi connectivity index (χ2v) is 6.59. The Morgan fingerprint density at radius 1 is 1.25 bits per heavy atom. The van der Waals surface area contributed by atoms with E-state index in [1.165, 1.54) is 10.5 Å². The van der Waals surface area contributed by atoms with Crippen LogP contribution in [0.4, 0.5) is 5.69 Å². The first kappa shape index (κ1) is 13.7. The van der Waals surface area contributed by atoms with Crippen molar-refractivity contribution in [2.75, 3.05) is 11.1 Å². The average molecular weight is 306 g/mol. The van der Waals surface area contributed by atoms with E-state index in [4.69, 9.17) is 11.6 Å². The van der Waals surface area contributed by atoms with E-state index in [0.29, 0.717) is 5.75 Å². The van der Waals surface area contributed by atoms with Gasteiger partial charge in [0.2, 0.25) is 0 Å². The van der Waals surface area contributed by atoms with Crippen LogP contribution in [0.5, 0.6) is 5.75 Å². The lowest BCUT2D eigenvalue weighted by atomic mass is 10.0. The number of nitrogens with one attached hydrogen (secondary N) is 1. The number of aryl methyl sites for hydroxylation is 1. The Balaban J connectivity index is 1.91. The van der Waals surface area contributed by atoms with E-state index in [1.807, 2.05) is 30.8 Å². The second kappa shape index (κ2) is 5.58. The molecule has 3 rings (SSSR count). The fourth-order valence-corrected chi connectivity index (χ4v) is 3.80. The largest absolute Gasteiger partial charge is 0.508 e. The van der Waals surface area contributed by atoms with E-state index < -0.39 is 0 Å². The van der Waals surface area contributed by atoms with E-state index in [0.717, 1.165) is 28.4 Å². The summed E-state index contributed by atoms with van der Waals surface area (Å²) in [6.45, 7) is 2.00. The predicted molar refractivity (Wildman–Crippen MR) is 86.0 cm³/mol. The topological polar surface area (TPSA) is 32.3 Å². The molecule has 20 heavy (non-hydrogen) atoms. The minimum atomic E-state index is 0.271. The molecule has 4 heteroatoms. The minimum absolute atomic E-state index is 0.271. The number of fused-ring (bicyclic) bond motifs is 1. The van der Waals surface area contributed by atoms with Crippen molar-refractivity contribution in [1.29, 1.82) is 0 Å². The van der Waals surface area contributed by atoms with Crippen LogP contribution in [-0.2, 0) is 0 Å². The van der Waals surface area contributed by atoms with Crippen molar-refractivity contribution in [1.82, 2.24) is 0 Å². The number of phenols is 1. The highest BCUT2D eigenvalue weighted by molar-refractivity contribution is 7.99. The van der Waals surface area contributed by atoms with Gasteiger partial charge < -0.3 is 10.4 Å². The minimum Gasteiger partial charge on any atom is -0.508 e. The van der Waals surface area contributed by atoms with Gasteiger partial charge in [-0.2, -0.15) is 0 Å². The fraction of sp³-hybridized carbons (Fsp3) is 0.250. The van der Waals surface area contributed by atoms with Gasteiger partial charge in [-0.1, -0.05) is 11.6 Å². The lowest BCUT2D eigenvalue weighted by Gasteiger charge is -2.27. The van der Waals surface area contributed by atoms with Crippen LogP contribution in [0.1, 0.15) is 23.6 Å². The van der Waals surface area contributed by atoms with E-state index in [-0.39, 0.29) is 6.04 Å². The molecular formula is C16H16ClNOS. The number of aromatic hydroxyl groups is 1. The number of thioether (sulfide) groups is 1.